The number of thiophene rings is 1. The van der Waals surface area contributed by atoms with Crippen molar-refractivity contribution in [1.82, 2.24) is 19.1 Å². The molecule has 4 heterocycles. The van der Waals surface area contributed by atoms with Crippen molar-refractivity contribution in [2.24, 2.45) is 0 Å². The highest BCUT2D eigenvalue weighted by Gasteiger charge is 2.26. The van der Waals surface area contributed by atoms with Crippen molar-refractivity contribution in [3.8, 4) is 0 Å². The van der Waals surface area contributed by atoms with Gasteiger partial charge in [0.05, 0.1) is 10.6 Å². The SMILES string of the molecule is CN1CC=C(c2nn(S(=O)(=O)c3ccc4sccc4c3)c3ncccc23)CC1. The molecule has 1 aliphatic heterocycles. The molecule has 3 aromatic heterocycles. The van der Waals surface area contributed by atoms with Crippen LogP contribution >= 0.6 is 11.3 Å². The molecule has 0 bridgehead atoms. The highest BCUT2D eigenvalue weighted by Crippen LogP contribution is 2.30. The molecule has 4 aromatic rings. The van der Waals surface area contributed by atoms with Crippen LogP contribution in [0.25, 0.3) is 26.7 Å². The normalized spacial score (nSPS) is 16.0. The molecule has 0 fully saturated rings. The molecule has 0 aliphatic carbocycles. The number of likely N-dealkylation sites (N-methyl/N-ethyl adjacent to an activating group) is 1. The third-order valence-corrected chi connectivity index (χ3v) is 7.54. The Labute approximate surface area is 166 Å². The molecule has 142 valence electrons. The fourth-order valence-electron chi connectivity index (χ4n) is 3.52. The topological polar surface area (TPSA) is 68.1 Å². The van der Waals surface area contributed by atoms with Crippen molar-refractivity contribution in [1.29, 1.82) is 0 Å². The second kappa shape index (κ2) is 6.51. The van der Waals surface area contributed by atoms with Gasteiger partial charge in [-0.1, -0.05) is 6.08 Å². The van der Waals surface area contributed by atoms with E-state index in [1.54, 1.807) is 29.7 Å². The first-order chi connectivity index (χ1) is 13.5. The number of hydrogen-bond donors (Lipinski definition) is 0. The fraction of sp³-hybridized carbons (Fsp3) is 0.200. The van der Waals surface area contributed by atoms with E-state index >= 15 is 0 Å². The monoisotopic (exact) mass is 410 g/mol. The molecule has 0 atom stereocenters. The Bertz CT molecular complexity index is 1330. The summed E-state index contributed by atoms with van der Waals surface area (Å²) in [5.74, 6) is 0. The van der Waals surface area contributed by atoms with E-state index in [1.165, 1.54) is 0 Å². The van der Waals surface area contributed by atoms with Gasteiger partial charge in [0, 0.05) is 29.4 Å². The van der Waals surface area contributed by atoms with Gasteiger partial charge in [-0.15, -0.1) is 15.4 Å². The fourth-order valence-corrected chi connectivity index (χ4v) is 5.57. The van der Waals surface area contributed by atoms with Crippen LogP contribution in [0.4, 0.5) is 0 Å². The second-order valence-corrected chi connectivity index (χ2v) is 9.65. The van der Waals surface area contributed by atoms with Crippen molar-refractivity contribution in [2.45, 2.75) is 11.3 Å². The van der Waals surface area contributed by atoms with Gasteiger partial charge in [0.1, 0.15) is 0 Å². The van der Waals surface area contributed by atoms with Crippen molar-refractivity contribution in [2.75, 3.05) is 20.1 Å². The van der Waals surface area contributed by atoms with E-state index in [0.717, 1.165) is 44.6 Å². The predicted molar refractivity (Wildman–Crippen MR) is 112 cm³/mol. The van der Waals surface area contributed by atoms with Gasteiger partial charge in [-0.3, -0.25) is 0 Å². The molecule has 8 heteroatoms. The van der Waals surface area contributed by atoms with Gasteiger partial charge in [0.25, 0.3) is 10.0 Å². The summed E-state index contributed by atoms with van der Waals surface area (Å²) in [7, 11) is -1.79. The smallest absolute Gasteiger partial charge is 0.284 e. The molecule has 1 aliphatic rings. The molecular formula is C20H18N4O2S2. The average Bonchev–Trinajstić information content (AvgIpc) is 3.33. The molecule has 28 heavy (non-hydrogen) atoms. The summed E-state index contributed by atoms with van der Waals surface area (Å²) in [6.45, 7) is 1.74. The Hall–Kier alpha value is -2.55. The number of rotatable bonds is 3. The van der Waals surface area contributed by atoms with E-state index in [4.69, 9.17) is 0 Å². The van der Waals surface area contributed by atoms with Crippen LogP contribution in [0.5, 0.6) is 0 Å². The number of pyridine rings is 1. The highest BCUT2D eigenvalue weighted by atomic mass is 32.2. The zero-order valence-electron chi connectivity index (χ0n) is 15.2. The first-order valence-corrected chi connectivity index (χ1v) is 11.3. The van der Waals surface area contributed by atoms with E-state index in [0.29, 0.717) is 11.3 Å². The number of hydrogen-bond acceptors (Lipinski definition) is 6. The van der Waals surface area contributed by atoms with Crippen LogP contribution in [0.2, 0.25) is 0 Å². The van der Waals surface area contributed by atoms with E-state index in [1.807, 2.05) is 29.6 Å². The third-order valence-electron chi connectivity index (χ3n) is 5.08. The number of benzene rings is 1. The Morgan fingerprint density at radius 3 is 2.89 bits per heavy atom. The Morgan fingerprint density at radius 1 is 1.18 bits per heavy atom. The summed E-state index contributed by atoms with van der Waals surface area (Å²) in [5, 5.41) is 8.16. The molecule has 6 nitrogen and oxygen atoms in total. The maximum absolute atomic E-state index is 13.4. The average molecular weight is 411 g/mol. The van der Waals surface area contributed by atoms with E-state index < -0.39 is 10.0 Å². The van der Waals surface area contributed by atoms with Crippen LogP contribution in [-0.4, -0.2) is 47.6 Å². The minimum atomic E-state index is -3.85. The summed E-state index contributed by atoms with van der Waals surface area (Å²) in [6, 6.07) is 10.8. The van der Waals surface area contributed by atoms with Gasteiger partial charge < -0.3 is 4.90 Å². The number of fused-ring (bicyclic) bond motifs is 2. The first kappa shape index (κ1) is 17.5. The van der Waals surface area contributed by atoms with Crippen LogP contribution in [0, 0.1) is 0 Å². The van der Waals surface area contributed by atoms with Gasteiger partial charge in [-0.05, 0) is 66.2 Å². The highest BCUT2D eigenvalue weighted by molar-refractivity contribution is 7.90. The van der Waals surface area contributed by atoms with Crippen molar-refractivity contribution in [3.05, 3.63) is 59.7 Å². The Morgan fingerprint density at radius 2 is 2.07 bits per heavy atom. The minimum absolute atomic E-state index is 0.220. The molecule has 0 radical (unpaired) electrons. The lowest BCUT2D eigenvalue weighted by molar-refractivity contribution is 0.370. The lowest BCUT2D eigenvalue weighted by Crippen LogP contribution is -2.24. The second-order valence-electron chi connectivity index (χ2n) is 6.93. The summed E-state index contributed by atoms with van der Waals surface area (Å²) >= 11 is 1.59. The quantitative estimate of drug-likeness (QED) is 0.516. The summed E-state index contributed by atoms with van der Waals surface area (Å²) in [6.07, 6.45) is 4.55. The zero-order valence-corrected chi connectivity index (χ0v) is 16.9. The largest absolute Gasteiger partial charge is 0.302 e. The molecule has 0 saturated carbocycles. The maximum Gasteiger partial charge on any atom is 0.284 e. The van der Waals surface area contributed by atoms with Gasteiger partial charge in [-0.25, -0.2) is 4.98 Å². The predicted octanol–water partition coefficient (Wildman–Crippen LogP) is 3.60. The molecule has 0 saturated heterocycles. The Kier molecular flexibility index (Phi) is 4.08. The molecular weight excluding hydrogens is 392 g/mol. The van der Waals surface area contributed by atoms with Crippen LogP contribution in [0.1, 0.15) is 12.1 Å². The lowest BCUT2D eigenvalue weighted by atomic mass is 10.0. The van der Waals surface area contributed by atoms with Gasteiger partial charge in [-0.2, -0.15) is 13.5 Å². The summed E-state index contributed by atoms with van der Waals surface area (Å²) in [4.78, 5) is 6.78. The molecule has 1 aromatic carbocycles. The molecule has 0 unspecified atom stereocenters. The maximum atomic E-state index is 13.4. The van der Waals surface area contributed by atoms with Crippen LogP contribution in [0.3, 0.4) is 0 Å². The van der Waals surface area contributed by atoms with Crippen molar-refractivity contribution < 1.29 is 8.42 Å². The van der Waals surface area contributed by atoms with Gasteiger partial charge >= 0.3 is 0 Å². The van der Waals surface area contributed by atoms with Gasteiger partial charge in [0.2, 0.25) is 0 Å². The van der Waals surface area contributed by atoms with Gasteiger partial charge in [0.15, 0.2) is 5.65 Å². The summed E-state index contributed by atoms with van der Waals surface area (Å²) < 4.78 is 28.9. The minimum Gasteiger partial charge on any atom is -0.302 e. The third kappa shape index (κ3) is 2.76. The van der Waals surface area contributed by atoms with E-state index in [-0.39, 0.29) is 4.90 Å². The van der Waals surface area contributed by atoms with Crippen LogP contribution in [-0.2, 0) is 10.0 Å². The van der Waals surface area contributed by atoms with E-state index in [9.17, 15) is 8.42 Å². The zero-order chi connectivity index (χ0) is 19.3. The standard InChI is InChI=1S/C20H18N4O2S2/c1-23-10-6-14(7-11-23)19-17-3-2-9-21-20(17)24(22-19)28(25,26)16-4-5-18-15(13-16)8-12-27-18/h2-6,8-9,12-13H,7,10-11H2,1H3. The lowest BCUT2D eigenvalue weighted by Gasteiger charge is -2.21. The molecule has 0 spiro atoms. The van der Waals surface area contributed by atoms with Crippen molar-refractivity contribution in [3.63, 3.8) is 0 Å². The van der Waals surface area contributed by atoms with Crippen LogP contribution in [0.15, 0.2) is 58.9 Å². The number of aromatic nitrogens is 3. The number of nitrogens with zero attached hydrogens (tertiary/aromatic N) is 4. The molecule has 5 rings (SSSR count). The van der Waals surface area contributed by atoms with Crippen LogP contribution < -0.4 is 0 Å². The molecule has 0 amide bonds. The first-order valence-electron chi connectivity index (χ1n) is 8.98. The summed E-state index contributed by atoms with van der Waals surface area (Å²) in [5.41, 5.74) is 2.14. The van der Waals surface area contributed by atoms with E-state index in [2.05, 4.69) is 28.1 Å². The van der Waals surface area contributed by atoms with Crippen molar-refractivity contribution >= 4 is 48.1 Å². The molecule has 0 N–H and O–H groups in total. The Balaban J connectivity index is 1.70.